The molecule has 1 saturated carbocycles. The lowest BCUT2D eigenvalue weighted by molar-refractivity contribution is -0.127. The fraction of sp³-hybridized carbons (Fsp3) is 0.933. The van der Waals surface area contributed by atoms with Crippen molar-refractivity contribution >= 4 is 5.91 Å². The van der Waals surface area contributed by atoms with Crippen molar-refractivity contribution in [2.75, 3.05) is 13.1 Å². The molecule has 19 heavy (non-hydrogen) atoms. The van der Waals surface area contributed by atoms with E-state index in [1.165, 1.54) is 12.8 Å². The van der Waals surface area contributed by atoms with Crippen LogP contribution in [0, 0.1) is 5.92 Å². The largest absolute Gasteiger partial charge is 0.352 e. The summed E-state index contributed by atoms with van der Waals surface area (Å²) in [5.41, 5.74) is 6.10. The van der Waals surface area contributed by atoms with E-state index in [1.807, 2.05) is 0 Å². The predicted octanol–water partition coefficient (Wildman–Crippen LogP) is 1.49. The first kappa shape index (κ1) is 14.8. The minimum atomic E-state index is 0.161. The van der Waals surface area contributed by atoms with Crippen LogP contribution in [0.4, 0.5) is 0 Å². The highest BCUT2D eigenvalue weighted by Gasteiger charge is 2.29. The maximum atomic E-state index is 12.3. The Hall–Kier alpha value is -0.610. The van der Waals surface area contributed by atoms with Gasteiger partial charge in [0.2, 0.25) is 5.91 Å². The number of likely N-dealkylation sites (tertiary alicyclic amines) is 1. The number of rotatable bonds is 3. The summed E-state index contributed by atoms with van der Waals surface area (Å²) in [7, 11) is 0. The molecule has 1 aliphatic heterocycles. The zero-order chi connectivity index (χ0) is 13.8. The smallest absolute Gasteiger partial charge is 0.223 e. The molecule has 0 bridgehead atoms. The molecule has 2 unspecified atom stereocenters. The van der Waals surface area contributed by atoms with Crippen molar-refractivity contribution in [1.82, 2.24) is 10.2 Å². The van der Waals surface area contributed by atoms with E-state index in [9.17, 15) is 4.79 Å². The van der Waals surface area contributed by atoms with Gasteiger partial charge in [0.1, 0.15) is 0 Å². The quantitative estimate of drug-likeness (QED) is 0.814. The van der Waals surface area contributed by atoms with Crippen molar-refractivity contribution in [2.45, 2.75) is 70.5 Å². The third-order valence-corrected chi connectivity index (χ3v) is 4.78. The van der Waals surface area contributed by atoms with Gasteiger partial charge in [-0.1, -0.05) is 12.8 Å². The highest BCUT2D eigenvalue weighted by atomic mass is 16.2. The van der Waals surface area contributed by atoms with Crippen LogP contribution in [0.1, 0.15) is 52.4 Å². The number of carbonyl (C=O) groups excluding carboxylic acids is 1. The van der Waals surface area contributed by atoms with Gasteiger partial charge in [0.05, 0.1) is 0 Å². The number of hydrogen-bond donors (Lipinski definition) is 2. The van der Waals surface area contributed by atoms with E-state index < -0.39 is 0 Å². The van der Waals surface area contributed by atoms with E-state index in [1.54, 1.807) is 0 Å². The molecule has 0 aromatic heterocycles. The molecule has 1 amide bonds. The van der Waals surface area contributed by atoms with Gasteiger partial charge in [-0.2, -0.15) is 0 Å². The molecule has 1 heterocycles. The minimum absolute atomic E-state index is 0.161. The van der Waals surface area contributed by atoms with E-state index in [-0.39, 0.29) is 23.9 Å². The maximum Gasteiger partial charge on any atom is 0.223 e. The fourth-order valence-corrected chi connectivity index (χ4v) is 3.32. The average Bonchev–Trinajstić information content (AvgIpc) is 2.41. The second kappa shape index (κ2) is 6.71. The van der Waals surface area contributed by atoms with Gasteiger partial charge in [-0.25, -0.2) is 0 Å². The molecule has 1 saturated heterocycles. The first-order chi connectivity index (χ1) is 9.08. The van der Waals surface area contributed by atoms with Crippen molar-refractivity contribution in [3.63, 3.8) is 0 Å². The number of hydrogen-bond acceptors (Lipinski definition) is 3. The van der Waals surface area contributed by atoms with E-state index >= 15 is 0 Å². The summed E-state index contributed by atoms with van der Waals surface area (Å²) in [6, 6.07) is 0.966. The van der Waals surface area contributed by atoms with Crippen LogP contribution < -0.4 is 11.1 Å². The molecule has 4 heteroatoms. The molecule has 4 nitrogen and oxygen atoms in total. The first-order valence-electron chi connectivity index (χ1n) is 7.88. The monoisotopic (exact) mass is 267 g/mol. The molecule has 0 spiro atoms. The Kier molecular flexibility index (Phi) is 5.22. The maximum absolute atomic E-state index is 12.3. The first-order valence-corrected chi connectivity index (χ1v) is 7.88. The molecule has 2 rings (SSSR count). The van der Waals surface area contributed by atoms with Crippen molar-refractivity contribution in [2.24, 2.45) is 11.7 Å². The van der Waals surface area contributed by atoms with Crippen molar-refractivity contribution in [3.05, 3.63) is 0 Å². The Bertz CT molecular complexity index is 298. The summed E-state index contributed by atoms with van der Waals surface area (Å²) in [6.45, 7) is 6.54. The van der Waals surface area contributed by atoms with Crippen LogP contribution in [0.15, 0.2) is 0 Å². The lowest BCUT2D eigenvalue weighted by atomic mass is 9.89. The topological polar surface area (TPSA) is 58.4 Å². The van der Waals surface area contributed by atoms with Crippen LogP contribution in [0.5, 0.6) is 0 Å². The van der Waals surface area contributed by atoms with Gasteiger partial charge in [0.25, 0.3) is 0 Å². The second-order valence-corrected chi connectivity index (χ2v) is 6.47. The Morgan fingerprint density at radius 1 is 1.16 bits per heavy atom. The van der Waals surface area contributed by atoms with Gasteiger partial charge in [-0.3, -0.25) is 4.79 Å². The number of piperidine rings is 1. The van der Waals surface area contributed by atoms with Gasteiger partial charge in [0.15, 0.2) is 0 Å². The second-order valence-electron chi connectivity index (χ2n) is 6.47. The highest BCUT2D eigenvalue weighted by Crippen LogP contribution is 2.21. The molecule has 2 atom stereocenters. The van der Waals surface area contributed by atoms with Crippen LogP contribution in [-0.4, -0.2) is 42.0 Å². The molecule has 0 aromatic carbocycles. The van der Waals surface area contributed by atoms with Crippen LogP contribution in [0.25, 0.3) is 0 Å². The van der Waals surface area contributed by atoms with Gasteiger partial charge >= 0.3 is 0 Å². The Morgan fingerprint density at radius 3 is 2.37 bits per heavy atom. The zero-order valence-corrected chi connectivity index (χ0v) is 12.4. The standard InChI is InChI=1S/C15H29N3O/c1-11(2)18-9-7-12(8-10-18)15(19)17-14-6-4-3-5-13(14)16/h11-14H,3-10,16H2,1-2H3,(H,17,19). The number of nitrogens with zero attached hydrogens (tertiary/aromatic N) is 1. The predicted molar refractivity (Wildman–Crippen MR) is 77.8 cm³/mol. The Labute approximate surface area is 117 Å². The summed E-state index contributed by atoms with van der Waals surface area (Å²) in [5, 5.41) is 3.20. The zero-order valence-electron chi connectivity index (χ0n) is 12.4. The number of amides is 1. The molecule has 2 fully saturated rings. The summed E-state index contributed by atoms with van der Waals surface area (Å²) < 4.78 is 0. The van der Waals surface area contributed by atoms with Crippen molar-refractivity contribution in [1.29, 1.82) is 0 Å². The SMILES string of the molecule is CC(C)N1CCC(C(=O)NC2CCCCC2N)CC1. The average molecular weight is 267 g/mol. The van der Waals surface area contributed by atoms with Gasteiger partial charge < -0.3 is 16.0 Å². The van der Waals surface area contributed by atoms with Gasteiger partial charge in [0, 0.05) is 24.0 Å². The van der Waals surface area contributed by atoms with Crippen molar-refractivity contribution in [3.8, 4) is 0 Å². The summed E-state index contributed by atoms with van der Waals surface area (Å²) >= 11 is 0. The highest BCUT2D eigenvalue weighted by molar-refractivity contribution is 5.79. The molecular weight excluding hydrogens is 238 g/mol. The van der Waals surface area contributed by atoms with E-state index in [4.69, 9.17) is 5.73 Å². The molecule has 110 valence electrons. The molecular formula is C15H29N3O. The Morgan fingerprint density at radius 2 is 1.79 bits per heavy atom. The Balaban J connectivity index is 1.78. The van der Waals surface area contributed by atoms with E-state index in [0.717, 1.165) is 38.8 Å². The third kappa shape index (κ3) is 3.93. The van der Waals surface area contributed by atoms with Crippen molar-refractivity contribution < 1.29 is 4.79 Å². The van der Waals surface area contributed by atoms with Crippen LogP contribution in [0.3, 0.4) is 0 Å². The molecule has 3 N–H and O–H groups in total. The number of carbonyl (C=O) groups is 1. The molecule has 0 radical (unpaired) electrons. The normalized spacial score (nSPS) is 30.5. The molecule has 0 aromatic rings. The van der Waals surface area contributed by atoms with E-state index in [0.29, 0.717) is 6.04 Å². The lowest BCUT2D eigenvalue weighted by Crippen LogP contribution is -2.52. The summed E-state index contributed by atoms with van der Waals surface area (Å²) in [6.07, 6.45) is 6.50. The van der Waals surface area contributed by atoms with Crippen LogP contribution >= 0.6 is 0 Å². The fourth-order valence-electron chi connectivity index (χ4n) is 3.32. The van der Waals surface area contributed by atoms with Crippen LogP contribution in [0.2, 0.25) is 0 Å². The summed E-state index contributed by atoms with van der Waals surface area (Å²) in [4.78, 5) is 14.8. The molecule has 2 aliphatic rings. The van der Waals surface area contributed by atoms with E-state index in [2.05, 4.69) is 24.1 Å². The minimum Gasteiger partial charge on any atom is -0.352 e. The molecule has 1 aliphatic carbocycles. The van der Waals surface area contributed by atoms with Crippen LogP contribution in [-0.2, 0) is 4.79 Å². The number of nitrogens with two attached hydrogens (primary N) is 1. The van der Waals surface area contributed by atoms with Gasteiger partial charge in [-0.15, -0.1) is 0 Å². The lowest BCUT2D eigenvalue weighted by Gasteiger charge is -2.35. The summed E-state index contributed by atoms with van der Waals surface area (Å²) in [5.74, 6) is 0.440. The van der Waals surface area contributed by atoms with Gasteiger partial charge in [-0.05, 0) is 52.6 Å². The number of nitrogens with one attached hydrogen (secondary N) is 1. The third-order valence-electron chi connectivity index (χ3n) is 4.78.